The highest BCUT2D eigenvalue weighted by Crippen LogP contribution is 2.63. The van der Waals surface area contributed by atoms with Crippen molar-refractivity contribution in [3.8, 4) is 0 Å². The van der Waals surface area contributed by atoms with Crippen LogP contribution in [-0.2, 0) is 4.79 Å². The van der Waals surface area contributed by atoms with Gasteiger partial charge in [0.2, 0.25) is 0 Å². The standard InChI is InChI=1S/C17H28O2/c1-16(11-18)8-3-9-17(2)14-10-13(19)6-4-12(14)5-7-15(16)17/h12,14-15,18H,3-11H2,1-2H3. The van der Waals surface area contributed by atoms with E-state index in [1.165, 1.54) is 25.7 Å². The second-order valence-corrected chi connectivity index (χ2v) is 7.95. The Kier molecular flexibility index (Phi) is 3.28. The highest BCUT2D eigenvalue weighted by molar-refractivity contribution is 5.79. The van der Waals surface area contributed by atoms with Gasteiger partial charge in [0.05, 0.1) is 0 Å². The normalized spacial score (nSPS) is 50.5. The van der Waals surface area contributed by atoms with Gasteiger partial charge in [0.15, 0.2) is 0 Å². The van der Waals surface area contributed by atoms with Gasteiger partial charge in [-0.25, -0.2) is 0 Å². The van der Waals surface area contributed by atoms with E-state index in [1.807, 2.05) is 0 Å². The molecule has 19 heavy (non-hydrogen) atoms. The maximum absolute atomic E-state index is 11.9. The molecule has 0 saturated heterocycles. The Bertz CT molecular complexity index is 377. The van der Waals surface area contributed by atoms with Gasteiger partial charge in [0, 0.05) is 19.4 Å². The maximum Gasteiger partial charge on any atom is 0.133 e. The first-order valence-electron chi connectivity index (χ1n) is 8.12. The van der Waals surface area contributed by atoms with Crippen LogP contribution in [0, 0.1) is 28.6 Å². The number of hydrogen-bond donors (Lipinski definition) is 1. The summed E-state index contributed by atoms with van der Waals surface area (Å²) in [6.45, 7) is 5.03. The van der Waals surface area contributed by atoms with Crippen molar-refractivity contribution < 1.29 is 9.90 Å². The van der Waals surface area contributed by atoms with E-state index >= 15 is 0 Å². The molecule has 0 radical (unpaired) electrons. The first-order chi connectivity index (χ1) is 8.99. The molecule has 3 aliphatic carbocycles. The number of aliphatic hydroxyl groups is 1. The first-order valence-corrected chi connectivity index (χ1v) is 8.12. The van der Waals surface area contributed by atoms with E-state index in [0.29, 0.717) is 29.6 Å². The molecule has 0 bridgehead atoms. The largest absolute Gasteiger partial charge is 0.396 e. The maximum atomic E-state index is 11.9. The van der Waals surface area contributed by atoms with Gasteiger partial charge >= 0.3 is 0 Å². The Morgan fingerprint density at radius 3 is 2.74 bits per heavy atom. The monoisotopic (exact) mass is 264 g/mol. The summed E-state index contributed by atoms with van der Waals surface area (Å²) < 4.78 is 0. The van der Waals surface area contributed by atoms with Crippen LogP contribution in [0.3, 0.4) is 0 Å². The van der Waals surface area contributed by atoms with Gasteiger partial charge < -0.3 is 5.11 Å². The molecular weight excluding hydrogens is 236 g/mol. The lowest BCUT2D eigenvalue weighted by Crippen LogP contribution is -2.54. The molecule has 3 fully saturated rings. The molecule has 0 aromatic heterocycles. The van der Waals surface area contributed by atoms with Crippen LogP contribution in [0.15, 0.2) is 0 Å². The summed E-state index contributed by atoms with van der Waals surface area (Å²) in [6, 6.07) is 0. The topological polar surface area (TPSA) is 37.3 Å². The average molecular weight is 264 g/mol. The minimum absolute atomic E-state index is 0.0957. The highest BCUT2D eigenvalue weighted by Gasteiger charge is 2.56. The molecule has 0 spiro atoms. The smallest absolute Gasteiger partial charge is 0.133 e. The van der Waals surface area contributed by atoms with Crippen molar-refractivity contribution in [2.24, 2.45) is 28.6 Å². The molecule has 108 valence electrons. The van der Waals surface area contributed by atoms with Crippen molar-refractivity contribution in [3.05, 3.63) is 0 Å². The Labute approximate surface area is 117 Å². The summed E-state index contributed by atoms with van der Waals surface area (Å²) in [5.41, 5.74) is 0.396. The molecule has 0 heterocycles. The average Bonchev–Trinajstić information content (AvgIpc) is 2.39. The fourth-order valence-corrected chi connectivity index (χ4v) is 5.89. The minimum Gasteiger partial charge on any atom is -0.396 e. The molecule has 3 aliphatic rings. The molecule has 5 unspecified atom stereocenters. The summed E-state index contributed by atoms with van der Waals surface area (Å²) in [5.74, 6) is 2.48. The van der Waals surface area contributed by atoms with Gasteiger partial charge in [-0.15, -0.1) is 0 Å². The zero-order chi connectivity index (χ0) is 13.7. The van der Waals surface area contributed by atoms with Crippen LogP contribution in [0.2, 0.25) is 0 Å². The second-order valence-electron chi connectivity index (χ2n) is 7.95. The molecule has 3 saturated carbocycles. The zero-order valence-corrected chi connectivity index (χ0v) is 12.5. The summed E-state index contributed by atoms with van der Waals surface area (Å²) in [7, 11) is 0. The summed E-state index contributed by atoms with van der Waals surface area (Å²) in [4.78, 5) is 11.9. The predicted molar refractivity (Wildman–Crippen MR) is 75.7 cm³/mol. The molecule has 0 aromatic carbocycles. The second kappa shape index (κ2) is 4.58. The van der Waals surface area contributed by atoms with Crippen molar-refractivity contribution in [1.29, 1.82) is 0 Å². The Morgan fingerprint density at radius 2 is 2.00 bits per heavy atom. The number of fused-ring (bicyclic) bond motifs is 3. The van der Waals surface area contributed by atoms with Gasteiger partial charge in [0.1, 0.15) is 5.78 Å². The van der Waals surface area contributed by atoms with Gasteiger partial charge in [-0.2, -0.15) is 0 Å². The van der Waals surface area contributed by atoms with Gasteiger partial charge in [-0.3, -0.25) is 4.79 Å². The number of ketones is 1. The van der Waals surface area contributed by atoms with E-state index in [1.54, 1.807) is 0 Å². The number of aliphatic hydroxyl groups excluding tert-OH is 1. The van der Waals surface area contributed by atoms with Crippen LogP contribution < -0.4 is 0 Å². The number of carbonyl (C=O) groups excluding carboxylic acids is 1. The zero-order valence-electron chi connectivity index (χ0n) is 12.5. The Morgan fingerprint density at radius 1 is 1.21 bits per heavy atom. The molecule has 1 N–H and O–H groups in total. The third-order valence-corrected chi connectivity index (χ3v) is 6.95. The molecular formula is C17H28O2. The van der Waals surface area contributed by atoms with E-state index in [2.05, 4.69) is 13.8 Å². The lowest BCUT2D eigenvalue weighted by molar-refractivity contribution is -0.145. The molecule has 3 rings (SSSR count). The van der Waals surface area contributed by atoms with Crippen LogP contribution in [-0.4, -0.2) is 17.5 Å². The van der Waals surface area contributed by atoms with Gasteiger partial charge in [0.25, 0.3) is 0 Å². The third kappa shape index (κ3) is 1.98. The molecule has 0 amide bonds. The molecule has 0 aliphatic heterocycles. The number of carbonyl (C=O) groups is 1. The SMILES string of the molecule is CC1(CO)CCCC2(C)C3CC(=O)CCC3CCC12. The van der Waals surface area contributed by atoms with Crippen molar-refractivity contribution in [2.45, 2.75) is 65.2 Å². The van der Waals surface area contributed by atoms with Crippen molar-refractivity contribution >= 4 is 5.78 Å². The van der Waals surface area contributed by atoms with E-state index in [0.717, 1.165) is 31.6 Å². The third-order valence-electron chi connectivity index (χ3n) is 6.95. The van der Waals surface area contributed by atoms with Crippen molar-refractivity contribution in [1.82, 2.24) is 0 Å². The summed E-state index contributed by atoms with van der Waals surface area (Å²) in [6.07, 6.45) is 8.97. The van der Waals surface area contributed by atoms with Gasteiger partial charge in [-0.1, -0.05) is 20.3 Å². The lowest BCUT2D eigenvalue weighted by Gasteiger charge is -2.60. The number of Topliss-reactive ketones (excluding diaryl/α,β-unsaturated/α-hetero) is 1. The van der Waals surface area contributed by atoms with Gasteiger partial charge in [-0.05, 0) is 60.7 Å². The number of rotatable bonds is 1. The van der Waals surface area contributed by atoms with Crippen LogP contribution in [0.25, 0.3) is 0 Å². The van der Waals surface area contributed by atoms with Crippen molar-refractivity contribution in [2.75, 3.05) is 6.61 Å². The molecule has 5 atom stereocenters. The van der Waals surface area contributed by atoms with E-state index in [9.17, 15) is 9.90 Å². The van der Waals surface area contributed by atoms with E-state index < -0.39 is 0 Å². The fraction of sp³-hybridized carbons (Fsp3) is 0.941. The summed E-state index contributed by atoms with van der Waals surface area (Å²) in [5, 5.41) is 9.88. The molecule has 2 heteroatoms. The lowest BCUT2D eigenvalue weighted by atomic mass is 9.44. The Hall–Kier alpha value is -0.370. The van der Waals surface area contributed by atoms with Crippen LogP contribution in [0.4, 0.5) is 0 Å². The van der Waals surface area contributed by atoms with E-state index in [-0.39, 0.29) is 5.41 Å². The van der Waals surface area contributed by atoms with Crippen LogP contribution in [0.1, 0.15) is 65.2 Å². The summed E-state index contributed by atoms with van der Waals surface area (Å²) >= 11 is 0. The number of hydrogen-bond acceptors (Lipinski definition) is 2. The molecule has 0 aromatic rings. The molecule has 2 nitrogen and oxygen atoms in total. The minimum atomic E-state index is 0.0957. The quantitative estimate of drug-likeness (QED) is 0.786. The fourth-order valence-electron chi connectivity index (χ4n) is 5.89. The van der Waals surface area contributed by atoms with Crippen LogP contribution in [0.5, 0.6) is 0 Å². The Balaban J connectivity index is 1.92. The predicted octanol–water partition coefficient (Wildman–Crippen LogP) is 3.57. The first kappa shape index (κ1) is 13.6. The van der Waals surface area contributed by atoms with Crippen molar-refractivity contribution in [3.63, 3.8) is 0 Å². The highest BCUT2D eigenvalue weighted by atomic mass is 16.3. The van der Waals surface area contributed by atoms with Crippen LogP contribution >= 0.6 is 0 Å². The van der Waals surface area contributed by atoms with E-state index in [4.69, 9.17) is 0 Å².